The van der Waals surface area contributed by atoms with Gasteiger partial charge in [-0.1, -0.05) is 12.5 Å². The molecule has 2 atom stereocenters. The Kier molecular flexibility index (Phi) is 4.44. The molecule has 3 nitrogen and oxygen atoms in total. The first-order valence-electron chi connectivity index (χ1n) is 7.01. The molecular weight excluding hydrogens is 281 g/mol. The van der Waals surface area contributed by atoms with Crippen LogP contribution < -0.4 is 11.1 Å². The lowest BCUT2D eigenvalue weighted by atomic mass is 9.80. The van der Waals surface area contributed by atoms with Gasteiger partial charge in [-0.3, -0.25) is 4.79 Å². The van der Waals surface area contributed by atoms with E-state index in [1.165, 1.54) is 0 Å². The van der Waals surface area contributed by atoms with E-state index >= 15 is 0 Å². The van der Waals surface area contributed by atoms with E-state index in [9.17, 15) is 18.0 Å². The fourth-order valence-corrected chi connectivity index (χ4v) is 2.69. The molecule has 116 valence electrons. The van der Waals surface area contributed by atoms with Crippen molar-refractivity contribution in [1.82, 2.24) is 0 Å². The van der Waals surface area contributed by atoms with Crippen LogP contribution >= 0.6 is 0 Å². The second kappa shape index (κ2) is 5.95. The van der Waals surface area contributed by atoms with E-state index in [1.54, 1.807) is 18.2 Å². The Labute approximate surface area is 121 Å². The number of anilines is 2. The molecule has 1 amide bonds. The minimum Gasteiger partial charge on any atom is -0.398 e. The highest BCUT2D eigenvalue weighted by Crippen LogP contribution is 2.40. The quantitative estimate of drug-likeness (QED) is 0.814. The third-order valence-corrected chi connectivity index (χ3v) is 4.05. The van der Waals surface area contributed by atoms with Gasteiger partial charge in [0, 0.05) is 17.3 Å². The molecule has 0 heterocycles. The number of rotatable bonds is 2. The number of benzene rings is 1. The average molecular weight is 300 g/mol. The normalized spacial score (nSPS) is 22.9. The van der Waals surface area contributed by atoms with E-state index < -0.39 is 18.0 Å². The number of amides is 1. The molecule has 1 aromatic rings. The Morgan fingerprint density at radius 2 is 2.05 bits per heavy atom. The van der Waals surface area contributed by atoms with Crippen molar-refractivity contribution in [3.05, 3.63) is 23.8 Å². The molecule has 2 unspecified atom stereocenters. The van der Waals surface area contributed by atoms with Crippen LogP contribution in [0.3, 0.4) is 0 Å². The molecule has 1 aromatic carbocycles. The van der Waals surface area contributed by atoms with E-state index in [2.05, 4.69) is 5.32 Å². The smallest absolute Gasteiger partial charge is 0.391 e. The van der Waals surface area contributed by atoms with E-state index in [4.69, 9.17) is 5.73 Å². The number of hydrogen-bond donors (Lipinski definition) is 2. The third-order valence-electron chi connectivity index (χ3n) is 4.05. The number of nitrogen functional groups attached to an aromatic ring is 1. The zero-order valence-electron chi connectivity index (χ0n) is 11.8. The first-order valence-corrected chi connectivity index (χ1v) is 7.01. The maximum Gasteiger partial charge on any atom is 0.391 e. The van der Waals surface area contributed by atoms with Gasteiger partial charge in [-0.2, -0.15) is 13.2 Å². The van der Waals surface area contributed by atoms with Crippen LogP contribution in [0.2, 0.25) is 0 Å². The van der Waals surface area contributed by atoms with Gasteiger partial charge in [0.25, 0.3) is 0 Å². The first-order chi connectivity index (χ1) is 9.77. The summed E-state index contributed by atoms with van der Waals surface area (Å²) in [5.74, 6) is -2.31. The fourth-order valence-electron chi connectivity index (χ4n) is 2.69. The van der Waals surface area contributed by atoms with Crippen LogP contribution in [0, 0.1) is 18.8 Å². The summed E-state index contributed by atoms with van der Waals surface area (Å²) in [7, 11) is 0. The van der Waals surface area contributed by atoms with Gasteiger partial charge in [0.2, 0.25) is 5.91 Å². The van der Waals surface area contributed by atoms with Gasteiger partial charge in [0.05, 0.1) is 5.92 Å². The summed E-state index contributed by atoms with van der Waals surface area (Å²) in [5.41, 5.74) is 7.72. The number of alkyl halides is 3. The van der Waals surface area contributed by atoms with Crippen LogP contribution in [0.4, 0.5) is 24.5 Å². The third kappa shape index (κ3) is 3.89. The molecule has 1 aliphatic carbocycles. The number of halogens is 3. The molecule has 3 N–H and O–H groups in total. The van der Waals surface area contributed by atoms with Gasteiger partial charge in [0.1, 0.15) is 0 Å². The Morgan fingerprint density at radius 3 is 2.67 bits per heavy atom. The van der Waals surface area contributed by atoms with Crippen LogP contribution in [0.1, 0.15) is 31.2 Å². The maximum atomic E-state index is 12.8. The number of hydrogen-bond acceptors (Lipinski definition) is 2. The number of carbonyl (C=O) groups excluding carboxylic acids is 1. The summed E-state index contributed by atoms with van der Waals surface area (Å²) < 4.78 is 38.3. The van der Waals surface area contributed by atoms with E-state index in [0.717, 1.165) is 5.56 Å². The van der Waals surface area contributed by atoms with Crippen LogP contribution in [0.25, 0.3) is 0 Å². The first kappa shape index (κ1) is 15.7. The molecule has 0 aliphatic heterocycles. The number of nitrogens with two attached hydrogens (primary N) is 1. The summed E-state index contributed by atoms with van der Waals surface area (Å²) in [6.45, 7) is 1.84. The van der Waals surface area contributed by atoms with Crippen LogP contribution in [-0.4, -0.2) is 12.1 Å². The van der Waals surface area contributed by atoms with Crippen molar-refractivity contribution in [2.24, 2.45) is 11.8 Å². The van der Waals surface area contributed by atoms with Crippen molar-refractivity contribution in [2.45, 2.75) is 38.8 Å². The van der Waals surface area contributed by atoms with Crippen LogP contribution in [0.15, 0.2) is 18.2 Å². The molecule has 0 radical (unpaired) electrons. The Morgan fingerprint density at radius 1 is 1.33 bits per heavy atom. The predicted octanol–water partition coefficient (Wildman–Crippen LogP) is 3.88. The van der Waals surface area contributed by atoms with Gasteiger partial charge < -0.3 is 11.1 Å². The summed E-state index contributed by atoms with van der Waals surface area (Å²) in [4.78, 5) is 12.1. The number of aryl methyl sites for hydroxylation is 1. The van der Waals surface area contributed by atoms with E-state index in [-0.39, 0.29) is 18.7 Å². The number of carbonyl (C=O) groups is 1. The van der Waals surface area contributed by atoms with Gasteiger partial charge in [0.15, 0.2) is 0 Å². The SMILES string of the molecule is Cc1ccc(NC(=O)C2CCCC(C(F)(F)F)C2)cc1N. The Hall–Kier alpha value is -1.72. The highest BCUT2D eigenvalue weighted by Gasteiger charge is 2.43. The van der Waals surface area contributed by atoms with Crippen molar-refractivity contribution < 1.29 is 18.0 Å². The second-order valence-electron chi connectivity index (χ2n) is 5.66. The molecule has 1 fully saturated rings. The molecule has 6 heteroatoms. The van der Waals surface area contributed by atoms with Crippen molar-refractivity contribution in [1.29, 1.82) is 0 Å². The standard InChI is InChI=1S/C15H19F3N2O/c1-9-5-6-12(8-13(9)19)20-14(21)10-3-2-4-11(7-10)15(16,17)18/h5-6,8,10-11H,2-4,7,19H2,1H3,(H,20,21). The molecule has 2 rings (SSSR count). The van der Waals surface area contributed by atoms with Gasteiger partial charge in [-0.05, 0) is 43.9 Å². The summed E-state index contributed by atoms with van der Waals surface area (Å²) in [6, 6.07) is 5.09. The zero-order chi connectivity index (χ0) is 15.6. The number of nitrogens with one attached hydrogen (secondary N) is 1. The van der Waals surface area contributed by atoms with Crippen molar-refractivity contribution in [3.8, 4) is 0 Å². The van der Waals surface area contributed by atoms with E-state index in [1.807, 2.05) is 6.92 Å². The molecule has 0 aromatic heterocycles. The minimum absolute atomic E-state index is 0.116. The van der Waals surface area contributed by atoms with Crippen LogP contribution in [0.5, 0.6) is 0 Å². The minimum atomic E-state index is -4.22. The monoisotopic (exact) mass is 300 g/mol. The summed E-state index contributed by atoms with van der Waals surface area (Å²) in [5, 5.41) is 2.67. The largest absolute Gasteiger partial charge is 0.398 e. The van der Waals surface area contributed by atoms with Gasteiger partial charge >= 0.3 is 6.18 Å². The summed E-state index contributed by atoms with van der Waals surface area (Å²) >= 11 is 0. The molecule has 0 saturated heterocycles. The zero-order valence-corrected chi connectivity index (χ0v) is 11.8. The van der Waals surface area contributed by atoms with Crippen molar-refractivity contribution >= 4 is 17.3 Å². The molecule has 21 heavy (non-hydrogen) atoms. The summed E-state index contributed by atoms with van der Waals surface area (Å²) in [6.07, 6.45) is -3.30. The van der Waals surface area contributed by atoms with Crippen molar-refractivity contribution in [3.63, 3.8) is 0 Å². The predicted molar refractivity (Wildman–Crippen MR) is 75.7 cm³/mol. The fraction of sp³-hybridized carbons (Fsp3) is 0.533. The Balaban J connectivity index is 2.01. The molecule has 0 spiro atoms. The molecule has 0 bridgehead atoms. The van der Waals surface area contributed by atoms with Crippen molar-refractivity contribution in [2.75, 3.05) is 11.1 Å². The topological polar surface area (TPSA) is 55.1 Å². The molecular formula is C15H19F3N2O. The lowest BCUT2D eigenvalue weighted by Gasteiger charge is -2.29. The Bertz CT molecular complexity index is 528. The van der Waals surface area contributed by atoms with Crippen LogP contribution in [-0.2, 0) is 4.79 Å². The molecule has 1 saturated carbocycles. The van der Waals surface area contributed by atoms with Gasteiger partial charge in [-0.25, -0.2) is 0 Å². The highest BCUT2D eigenvalue weighted by molar-refractivity contribution is 5.93. The molecule has 1 aliphatic rings. The highest BCUT2D eigenvalue weighted by atomic mass is 19.4. The maximum absolute atomic E-state index is 12.8. The second-order valence-corrected chi connectivity index (χ2v) is 5.66. The lowest BCUT2D eigenvalue weighted by molar-refractivity contribution is -0.185. The lowest BCUT2D eigenvalue weighted by Crippen LogP contribution is -2.34. The van der Waals surface area contributed by atoms with Gasteiger partial charge in [-0.15, -0.1) is 0 Å². The van der Waals surface area contributed by atoms with E-state index in [0.29, 0.717) is 24.2 Å². The average Bonchev–Trinajstić information content (AvgIpc) is 2.42.